The van der Waals surface area contributed by atoms with Crippen LogP contribution in [-0.4, -0.2) is 37.1 Å². The van der Waals surface area contributed by atoms with E-state index in [0.717, 1.165) is 18.4 Å². The Bertz CT molecular complexity index is 719. The van der Waals surface area contributed by atoms with Crippen LogP contribution in [0.1, 0.15) is 39.5 Å². The number of likely N-dealkylation sites (N-methyl/N-ethyl adjacent to an activating group) is 1. The van der Waals surface area contributed by atoms with Gasteiger partial charge >= 0.3 is 0 Å². The molecule has 0 unspecified atom stereocenters. The summed E-state index contributed by atoms with van der Waals surface area (Å²) in [7, 11) is -3.79. The standard InChI is InChI=1S/C18H24ClNO3S/c1-4-20(13-14(2)3)17(21)18(11-5-6-12-18)24(22,23)16-9-7-15(19)8-10-16/h7-10H,2,4-6,11-13H2,1,3H3. The zero-order valence-electron chi connectivity index (χ0n) is 14.2. The maximum Gasteiger partial charge on any atom is 0.244 e. The van der Waals surface area contributed by atoms with Crippen molar-refractivity contribution in [2.24, 2.45) is 0 Å². The summed E-state index contributed by atoms with van der Waals surface area (Å²) < 4.78 is 25.2. The molecule has 4 nitrogen and oxygen atoms in total. The van der Waals surface area contributed by atoms with Crippen molar-refractivity contribution >= 4 is 27.3 Å². The van der Waals surface area contributed by atoms with Crippen molar-refractivity contribution < 1.29 is 13.2 Å². The second kappa shape index (κ2) is 7.28. The number of hydrogen-bond donors (Lipinski definition) is 0. The second-order valence-electron chi connectivity index (χ2n) is 6.44. The Morgan fingerprint density at radius 1 is 1.25 bits per heavy atom. The highest BCUT2D eigenvalue weighted by atomic mass is 35.5. The molecule has 0 atom stereocenters. The predicted octanol–water partition coefficient (Wildman–Crippen LogP) is 3.85. The number of amides is 1. The Balaban J connectivity index is 2.48. The first-order chi connectivity index (χ1) is 11.2. The minimum atomic E-state index is -3.79. The van der Waals surface area contributed by atoms with Gasteiger partial charge in [-0.15, -0.1) is 0 Å². The predicted molar refractivity (Wildman–Crippen MR) is 96.9 cm³/mol. The molecular formula is C18H24ClNO3S. The molecule has 0 saturated heterocycles. The van der Waals surface area contributed by atoms with Gasteiger partial charge in [-0.1, -0.05) is 36.6 Å². The monoisotopic (exact) mass is 369 g/mol. The lowest BCUT2D eigenvalue weighted by Gasteiger charge is -2.33. The van der Waals surface area contributed by atoms with Crippen molar-refractivity contribution in [1.29, 1.82) is 0 Å². The summed E-state index contributed by atoms with van der Waals surface area (Å²) in [5.74, 6) is -0.305. The Labute approximate surface area is 149 Å². The average Bonchev–Trinajstić information content (AvgIpc) is 3.03. The molecule has 0 aromatic heterocycles. The molecule has 1 aromatic carbocycles. The van der Waals surface area contributed by atoms with Crippen molar-refractivity contribution in [3.63, 3.8) is 0 Å². The van der Waals surface area contributed by atoms with Crippen molar-refractivity contribution in [2.45, 2.75) is 49.2 Å². The third-order valence-electron chi connectivity index (χ3n) is 4.57. The number of hydrogen-bond acceptors (Lipinski definition) is 3. The van der Waals surface area contributed by atoms with E-state index < -0.39 is 14.6 Å². The van der Waals surface area contributed by atoms with Crippen LogP contribution in [0, 0.1) is 0 Å². The van der Waals surface area contributed by atoms with Crippen LogP contribution >= 0.6 is 11.6 Å². The highest BCUT2D eigenvalue weighted by Gasteiger charge is 2.54. The molecule has 1 aromatic rings. The molecule has 2 rings (SSSR count). The molecule has 24 heavy (non-hydrogen) atoms. The van der Waals surface area contributed by atoms with Crippen LogP contribution in [0.5, 0.6) is 0 Å². The van der Waals surface area contributed by atoms with Crippen molar-refractivity contribution in [2.75, 3.05) is 13.1 Å². The normalized spacial score (nSPS) is 16.8. The first kappa shape index (κ1) is 19.0. The summed E-state index contributed by atoms with van der Waals surface area (Å²) in [6.07, 6.45) is 2.21. The number of halogens is 1. The molecular weight excluding hydrogens is 346 g/mol. The molecule has 0 bridgehead atoms. The molecule has 1 saturated carbocycles. The van der Waals surface area contributed by atoms with Gasteiger partial charge in [0.05, 0.1) is 4.90 Å². The third kappa shape index (κ3) is 3.38. The van der Waals surface area contributed by atoms with Crippen molar-refractivity contribution in [3.05, 3.63) is 41.4 Å². The minimum Gasteiger partial charge on any atom is -0.338 e. The summed E-state index contributed by atoms with van der Waals surface area (Å²) in [6, 6.07) is 6.07. The topological polar surface area (TPSA) is 54.5 Å². The van der Waals surface area contributed by atoms with Gasteiger partial charge in [0.2, 0.25) is 5.91 Å². The van der Waals surface area contributed by atoms with Gasteiger partial charge in [-0.2, -0.15) is 0 Å². The summed E-state index contributed by atoms with van der Waals surface area (Å²) in [5, 5.41) is 0.471. The van der Waals surface area contributed by atoms with Crippen LogP contribution in [0.4, 0.5) is 0 Å². The number of benzene rings is 1. The summed E-state index contributed by atoms with van der Waals surface area (Å²) in [6.45, 7) is 8.39. The van der Waals surface area contributed by atoms with Crippen LogP contribution < -0.4 is 0 Å². The molecule has 0 heterocycles. The number of sulfone groups is 1. The van der Waals surface area contributed by atoms with Gasteiger partial charge in [0, 0.05) is 18.1 Å². The quantitative estimate of drug-likeness (QED) is 0.715. The van der Waals surface area contributed by atoms with E-state index in [1.807, 2.05) is 13.8 Å². The van der Waals surface area contributed by atoms with Crippen LogP contribution in [0.15, 0.2) is 41.3 Å². The highest BCUT2D eigenvalue weighted by molar-refractivity contribution is 7.93. The van der Waals surface area contributed by atoms with Crippen LogP contribution in [-0.2, 0) is 14.6 Å². The summed E-state index contributed by atoms with van der Waals surface area (Å²) in [5.41, 5.74) is 0.835. The lowest BCUT2D eigenvalue weighted by Crippen LogP contribution is -2.52. The van der Waals surface area contributed by atoms with Gasteiger partial charge in [0.15, 0.2) is 14.6 Å². The SMILES string of the molecule is C=C(C)CN(CC)C(=O)C1(S(=O)(=O)c2ccc(Cl)cc2)CCCC1. The van der Waals surface area contributed by atoms with Gasteiger partial charge in [0.1, 0.15) is 0 Å². The first-order valence-corrected chi connectivity index (χ1v) is 10.0. The maximum atomic E-state index is 13.3. The molecule has 132 valence electrons. The molecule has 1 aliphatic rings. The molecule has 0 spiro atoms. The van der Waals surface area contributed by atoms with E-state index in [1.54, 1.807) is 17.0 Å². The third-order valence-corrected chi connectivity index (χ3v) is 7.33. The maximum absolute atomic E-state index is 13.3. The van der Waals surface area contributed by atoms with Crippen LogP contribution in [0.2, 0.25) is 5.02 Å². The van der Waals surface area contributed by atoms with Gasteiger partial charge in [-0.05, 0) is 51.0 Å². The van der Waals surface area contributed by atoms with Crippen molar-refractivity contribution in [1.82, 2.24) is 4.90 Å². The molecule has 1 aliphatic carbocycles. The Kier molecular flexibility index (Phi) is 5.76. The first-order valence-electron chi connectivity index (χ1n) is 8.18. The van der Waals surface area contributed by atoms with E-state index in [4.69, 9.17) is 11.6 Å². The van der Waals surface area contributed by atoms with Gasteiger partial charge in [-0.25, -0.2) is 8.42 Å². The van der Waals surface area contributed by atoms with E-state index in [9.17, 15) is 13.2 Å². The minimum absolute atomic E-state index is 0.161. The summed E-state index contributed by atoms with van der Waals surface area (Å²) >= 11 is 5.87. The fraction of sp³-hybridized carbons (Fsp3) is 0.500. The van der Waals surface area contributed by atoms with E-state index >= 15 is 0 Å². The lowest BCUT2D eigenvalue weighted by molar-refractivity contribution is -0.133. The molecule has 0 radical (unpaired) electrons. The molecule has 0 N–H and O–H groups in total. The Hall–Kier alpha value is -1.33. The Morgan fingerprint density at radius 2 is 1.79 bits per heavy atom. The Morgan fingerprint density at radius 3 is 2.25 bits per heavy atom. The summed E-state index contributed by atoms with van der Waals surface area (Å²) in [4.78, 5) is 15.0. The van der Waals surface area contributed by atoms with Crippen molar-refractivity contribution in [3.8, 4) is 0 Å². The smallest absolute Gasteiger partial charge is 0.244 e. The lowest BCUT2D eigenvalue weighted by atomic mass is 10.0. The van der Waals surface area contributed by atoms with E-state index in [0.29, 0.717) is 31.0 Å². The second-order valence-corrected chi connectivity index (χ2v) is 9.13. The number of rotatable bonds is 6. The highest BCUT2D eigenvalue weighted by Crippen LogP contribution is 2.42. The largest absolute Gasteiger partial charge is 0.338 e. The van der Waals surface area contributed by atoms with E-state index in [1.165, 1.54) is 12.1 Å². The fourth-order valence-electron chi connectivity index (χ4n) is 3.32. The van der Waals surface area contributed by atoms with Crippen LogP contribution in [0.25, 0.3) is 0 Å². The van der Waals surface area contributed by atoms with Gasteiger partial charge < -0.3 is 4.90 Å². The number of carbonyl (C=O) groups is 1. The van der Waals surface area contributed by atoms with Gasteiger partial charge in [-0.3, -0.25) is 4.79 Å². The molecule has 1 amide bonds. The number of carbonyl (C=O) groups excluding carboxylic acids is 1. The molecule has 1 fully saturated rings. The molecule has 0 aliphatic heterocycles. The van der Waals surface area contributed by atoms with E-state index in [-0.39, 0.29) is 10.8 Å². The fourth-order valence-corrected chi connectivity index (χ4v) is 5.58. The van der Waals surface area contributed by atoms with Gasteiger partial charge in [0.25, 0.3) is 0 Å². The zero-order chi connectivity index (χ0) is 18.0. The average molecular weight is 370 g/mol. The number of nitrogens with zero attached hydrogens (tertiary/aromatic N) is 1. The van der Waals surface area contributed by atoms with Crippen LogP contribution in [0.3, 0.4) is 0 Å². The zero-order valence-corrected chi connectivity index (χ0v) is 15.8. The van der Waals surface area contributed by atoms with E-state index in [2.05, 4.69) is 6.58 Å². The molecule has 6 heteroatoms.